The highest BCUT2D eigenvalue weighted by Gasteiger charge is 1.96. The maximum Gasteiger partial charge on any atom is 0.0122 e. The van der Waals surface area contributed by atoms with Crippen molar-refractivity contribution in [3.05, 3.63) is 60.2 Å². The highest BCUT2D eigenvalue weighted by Crippen LogP contribution is 2.27. The van der Waals surface area contributed by atoms with Gasteiger partial charge in [0.1, 0.15) is 0 Å². The average molecular weight is 229 g/mol. The minimum absolute atomic E-state index is 0.713. The van der Waals surface area contributed by atoms with E-state index in [1.165, 1.54) is 15.4 Å². The Balaban J connectivity index is 2.05. The second kappa shape index (κ2) is 5.73. The monoisotopic (exact) mass is 229 g/mol. The van der Waals surface area contributed by atoms with Crippen molar-refractivity contribution in [3.8, 4) is 0 Å². The fourth-order valence-corrected chi connectivity index (χ4v) is 2.35. The molecule has 0 saturated heterocycles. The molecule has 0 bridgehead atoms. The Hall–Kier alpha value is -1.25. The van der Waals surface area contributed by atoms with Crippen LogP contribution < -0.4 is 5.73 Å². The first-order valence-electron chi connectivity index (χ1n) is 5.40. The minimum Gasteiger partial charge on any atom is -0.330 e. The molecule has 82 valence electrons. The Bertz CT molecular complexity index is 422. The van der Waals surface area contributed by atoms with Crippen LogP contribution in [0.3, 0.4) is 0 Å². The van der Waals surface area contributed by atoms with Gasteiger partial charge in [-0.15, -0.1) is 0 Å². The maximum absolute atomic E-state index is 5.52. The van der Waals surface area contributed by atoms with Crippen molar-refractivity contribution in [1.29, 1.82) is 0 Å². The van der Waals surface area contributed by atoms with E-state index in [-0.39, 0.29) is 0 Å². The van der Waals surface area contributed by atoms with E-state index in [9.17, 15) is 0 Å². The van der Waals surface area contributed by atoms with Crippen LogP contribution in [0.5, 0.6) is 0 Å². The lowest BCUT2D eigenvalue weighted by atomic mass is 10.2. The number of nitrogens with two attached hydrogens (primary N) is 1. The van der Waals surface area contributed by atoms with Gasteiger partial charge in [-0.1, -0.05) is 42.1 Å². The zero-order valence-electron chi connectivity index (χ0n) is 9.10. The highest BCUT2D eigenvalue weighted by molar-refractivity contribution is 7.99. The van der Waals surface area contributed by atoms with E-state index in [0.717, 1.165) is 6.42 Å². The Morgan fingerprint density at radius 3 is 2.06 bits per heavy atom. The van der Waals surface area contributed by atoms with Crippen LogP contribution in [0.15, 0.2) is 64.4 Å². The lowest BCUT2D eigenvalue weighted by molar-refractivity contribution is 0.966. The predicted octanol–water partition coefficient (Wildman–Crippen LogP) is 3.34. The van der Waals surface area contributed by atoms with E-state index in [1.807, 2.05) is 6.07 Å². The molecule has 2 rings (SSSR count). The van der Waals surface area contributed by atoms with Crippen LogP contribution in [0, 0.1) is 0 Å². The smallest absolute Gasteiger partial charge is 0.0122 e. The summed E-state index contributed by atoms with van der Waals surface area (Å²) >= 11 is 1.78. The van der Waals surface area contributed by atoms with Crippen molar-refractivity contribution in [3.63, 3.8) is 0 Å². The van der Waals surface area contributed by atoms with Crippen molar-refractivity contribution >= 4 is 11.8 Å². The molecule has 1 nitrogen and oxygen atoms in total. The molecule has 0 heterocycles. The minimum atomic E-state index is 0.713. The van der Waals surface area contributed by atoms with Crippen LogP contribution in [-0.4, -0.2) is 6.54 Å². The molecule has 0 aromatic heterocycles. The average Bonchev–Trinajstić information content (AvgIpc) is 2.33. The summed E-state index contributed by atoms with van der Waals surface area (Å²) in [7, 11) is 0. The number of hydrogen-bond acceptors (Lipinski definition) is 2. The molecule has 0 fully saturated rings. The predicted molar refractivity (Wildman–Crippen MR) is 69.8 cm³/mol. The van der Waals surface area contributed by atoms with Gasteiger partial charge in [0.2, 0.25) is 0 Å². The van der Waals surface area contributed by atoms with Crippen molar-refractivity contribution in [1.82, 2.24) is 0 Å². The van der Waals surface area contributed by atoms with E-state index in [0.29, 0.717) is 6.54 Å². The van der Waals surface area contributed by atoms with Gasteiger partial charge in [0.05, 0.1) is 0 Å². The van der Waals surface area contributed by atoms with Gasteiger partial charge in [-0.2, -0.15) is 0 Å². The number of benzene rings is 2. The molecule has 2 aromatic carbocycles. The van der Waals surface area contributed by atoms with Crippen LogP contribution in [0.2, 0.25) is 0 Å². The van der Waals surface area contributed by atoms with E-state index in [1.54, 1.807) is 11.8 Å². The van der Waals surface area contributed by atoms with Crippen molar-refractivity contribution < 1.29 is 0 Å². The molecule has 0 radical (unpaired) electrons. The molecular formula is C14H15NS. The van der Waals surface area contributed by atoms with E-state index >= 15 is 0 Å². The third kappa shape index (κ3) is 3.12. The van der Waals surface area contributed by atoms with Gasteiger partial charge in [0.15, 0.2) is 0 Å². The Labute approximate surface area is 101 Å². The van der Waals surface area contributed by atoms with Crippen molar-refractivity contribution in [2.75, 3.05) is 6.54 Å². The fourth-order valence-electron chi connectivity index (χ4n) is 1.52. The molecule has 2 heteroatoms. The number of hydrogen-bond donors (Lipinski definition) is 1. The van der Waals surface area contributed by atoms with E-state index in [4.69, 9.17) is 5.73 Å². The molecule has 0 unspecified atom stereocenters. The van der Waals surface area contributed by atoms with Gasteiger partial charge in [0, 0.05) is 9.79 Å². The molecular weight excluding hydrogens is 214 g/mol. The standard InChI is InChI=1S/C14H15NS/c15-11-10-12-6-8-14(9-7-12)16-13-4-2-1-3-5-13/h1-9H,10-11,15H2. The van der Waals surface area contributed by atoms with Gasteiger partial charge >= 0.3 is 0 Å². The Kier molecular flexibility index (Phi) is 4.03. The van der Waals surface area contributed by atoms with Crippen LogP contribution in [0.25, 0.3) is 0 Å². The Morgan fingerprint density at radius 2 is 1.44 bits per heavy atom. The van der Waals surface area contributed by atoms with Crippen molar-refractivity contribution in [2.45, 2.75) is 16.2 Å². The summed E-state index contributed by atoms with van der Waals surface area (Å²) in [6.07, 6.45) is 0.955. The third-order valence-electron chi connectivity index (χ3n) is 2.34. The zero-order valence-corrected chi connectivity index (χ0v) is 9.91. The third-order valence-corrected chi connectivity index (χ3v) is 3.35. The highest BCUT2D eigenvalue weighted by atomic mass is 32.2. The van der Waals surface area contributed by atoms with Crippen LogP contribution in [0.4, 0.5) is 0 Å². The Morgan fingerprint density at radius 1 is 0.812 bits per heavy atom. The van der Waals surface area contributed by atoms with Gasteiger partial charge in [-0.3, -0.25) is 0 Å². The normalized spacial score (nSPS) is 10.3. The van der Waals surface area contributed by atoms with Gasteiger partial charge in [0.25, 0.3) is 0 Å². The quantitative estimate of drug-likeness (QED) is 0.870. The zero-order chi connectivity index (χ0) is 11.2. The van der Waals surface area contributed by atoms with E-state index < -0.39 is 0 Å². The summed E-state index contributed by atoms with van der Waals surface area (Å²) in [6, 6.07) is 19.0. The van der Waals surface area contributed by atoms with Gasteiger partial charge in [-0.25, -0.2) is 0 Å². The fraction of sp³-hybridized carbons (Fsp3) is 0.143. The summed E-state index contributed by atoms with van der Waals surface area (Å²) in [5, 5.41) is 0. The first-order chi connectivity index (χ1) is 7.88. The second-order valence-corrected chi connectivity index (χ2v) is 4.74. The second-order valence-electron chi connectivity index (χ2n) is 3.60. The van der Waals surface area contributed by atoms with E-state index in [2.05, 4.69) is 48.5 Å². The summed E-state index contributed by atoms with van der Waals surface area (Å²) in [6.45, 7) is 0.713. The molecule has 0 atom stereocenters. The first kappa shape index (κ1) is 11.2. The lowest BCUT2D eigenvalue weighted by Crippen LogP contribution is -2.02. The lowest BCUT2D eigenvalue weighted by Gasteiger charge is -2.03. The maximum atomic E-state index is 5.52. The first-order valence-corrected chi connectivity index (χ1v) is 6.22. The molecule has 0 aliphatic heterocycles. The van der Waals surface area contributed by atoms with Gasteiger partial charge in [-0.05, 0) is 42.8 Å². The summed E-state index contributed by atoms with van der Waals surface area (Å²) in [4.78, 5) is 2.54. The summed E-state index contributed by atoms with van der Waals surface area (Å²) in [5.41, 5.74) is 6.82. The largest absolute Gasteiger partial charge is 0.330 e. The van der Waals surface area contributed by atoms with Crippen LogP contribution >= 0.6 is 11.8 Å². The van der Waals surface area contributed by atoms with Crippen LogP contribution in [-0.2, 0) is 6.42 Å². The number of rotatable bonds is 4. The summed E-state index contributed by atoms with van der Waals surface area (Å²) < 4.78 is 0. The molecule has 0 saturated carbocycles. The molecule has 2 aromatic rings. The topological polar surface area (TPSA) is 26.0 Å². The van der Waals surface area contributed by atoms with Crippen molar-refractivity contribution in [2.24, 2.45) is 5.73 Å². The summed E-state index contributed by atoms with van der Waals surface area (Å²) in [5.74, 6) is 0. The molecule has 0 spiro atoms. The van der Waals surface area contributed by atoms with Gasteiger partial charge < -0.3 is 5.73 Å². The van der Waals surface area contributed by atoms with Crippen LogP contribution in [0.1, 0.15) is 5.56 Å². The molecule has 0 aliphatic rings. The molecule has 16 heavy (non-hydrogen) atoms. The molecule has 0 aliphatic carbocycles. The molecule has 2 N–H and O–H groups in total. The molecule has 0 amide bonds. The SMILES string of the molecule is NCCc1ccc(Sc2ccccc2)cc1.